The van der Waals surface area contributed by atoms with Gasteiger partial charge in [0.05, 0.1) is 10.5 Å². The molecule has 0 amide bonds. The highest BCUT2D eigenvalue weighted by Gasteiger charge is 2.38. The predicted molar refractivity (Wildman–Crippen MR) is 76.0 cm³/mol. The summed E-state index contributed by atoms with van der Waals surface area (Å²) < 4.78 is 5.13. The number of benzene rings is 1. The molecule has 0 radical (unpaired) electrons. The highest BCUT2D eigenvalue weighted by molar-refractivity contribution is 5.66. The smallest absolute Gasteiger partial charge is 0.269 e. The summed E-state index contributed by atoms with van der Waals surface area (Å²) in [6.45, 7) is 0. The Bertz CT molecular complexity index is 686. The predicted octanol–water partition coefficient (Wildman–Crippen LogP) is 2.49. The van der Waals surface area contributed by atoms with Crippen LogP contribution in [0, 0.1) is 10.1 Å². The fourth-order valence-corrected chi connectivity index (χ4v) is 2.16. The Labute approximate surface area is 120 Å². The van der Waals surface area contributed by atoms with E-state index in [1.165, 1.54) is 12.1 Å². The zero-order valence-corrected chi connectivity index (χ0v) is 11.2. The van der Waals surface area contributed by atoms with Crippen molar-refractivity contribution >= 4 is 17.8 Å². The third kappa shape index (κ3) is 2.68. The summed E-state index contributed by atoms with van der Waals surface area (Å²) in [5.74, 6) is 0.914. The van der Waals surface area contributed by atoms with Gasteiger partial charge in [0, 0.05) is 18.2 Å². The van der Waals surface area contributed by atoms with Crippen molar-refractivity contribution in [1.29, 1.82) is 0 Å². The molecule has 0 unspecified atom stereocenters. The van der Waals surface area contributed by atoms with E-state index in [1.54, 1.807) is 24.3 Å². The van der Waals surface area contributed by atoms with Crippen LogP contribution in [0.15, 0.2) is 28.8 Å². The second-order valence-electron chi connectivity index (χ2n) is 5.15. The molecule has 0 bridgehead atoms. The maximum absolute atomic E-state index is 10.6. The molecule has 0 saturated heterocycles. The molecule has 1 aromatic heterocycles. The van der Waals surface area contributed by atoms with Crippen molar-refractivity contribution < 1.29 is 9.45 Å². The lowest BCUT2D eigenvalue weighted by atomic mass is 9.77. The highest BCUT2D eigenvalue weighted by atomic mass is 16.6. The van der Waals surface area contributed by atoms with Crippen LogP contribution >= 0.6 is 0 Å². The van der Waals surface area contributed by atoms with Gasteiger partial charge in [0.2, 0.25) is 0 Å². The van der Waals surface area contributed by atoms with Crippen LogP contribution in [0.2, 0.25) is 0 Å². The van der Waals surface area contributed by atoms with E-state index in [0.717, 1.165) is 24.8 Å². The van der Waals surface area contributed by atoms with Crippen LogP contribution in [0.5, 0.6) is 0 Å². The number of nitrogens with zero attached hydrogens (tertiary/aromatic N) is 3. The van der Waals surface area contributed by atoms with E-state index < -0.39 is 10.5 Å². The average Bonchev–Trinajstić information content (AvgIpc) is 2.92. The largest absolute Gasteiger partial charge is 0.335 e. The lowest BCUT2D eigenvalue weighted by molar-refractivity contribution is -0.384. The van der Waals surface area contributed by atoms with Gasteiger partial charge >= 0.3 is 0 Å². The van der Waals surface area contributed by atoms with Crippen molar-refractivity contribution in [3.05, 3.63) is 51.7 Å². The molecule has 1 fully saturated rings. The summed E-state index contributed by atoms with van der Waals surface area (Å²) in [4.78, 5) is 14.4. The molecule has 1 heterocycles. The summed E-state index contributed by atoms with van der Waals surface area (Å²) in [6, 6.07) is 6.20. The van der Waals surface area contributed by atoms with E-state index in [1.807, 2.05) is 0 Å². The summed E-state index contributed by atoms with van der Waals surface area (Å²) in [5.41, 5.74) is 6.54. The van der Waals surface area contributed by atoms with Gasteiger partial charge in [-0.15, -0.1) is 0 Å². The Hall–Kier alpha value is -2.54. The molecule has 2 N–H and O–H groups in total. The number of rotatable bonds is 4. The van der Waals surface area contributed by atoms with E-state index in [9.17, 15) is 10.1 Å². The van der Waals surface area contributed by atoms with Gasteiger partial charge in [0.25, 0.3) is 11.6 Å². The third-order valence-corrected chi connectivity index (χ3v) is 3.66. The van der Waals surface area contributed by atoms with E-state index >= 15 is 0 Å². The third-order valence-electron chi connectivity index (χ3n) is 3.66. The lowest BCUT2D eigenvalue weighted by Gasteiger charge is -2.34. The fraction of sp³-hybridized carbons (Fsp3) is 0.286. The average molecular weight is 286 g/mol. The first kappa shape index (κ1) is 13.4. The number of non-ortho nitro benzene ring substituents is 1. The second kappa shape index (κ2) is 5.10. The van der Waals surface area contributed by atoms with Crippen LogP contribution in [0.25, 0.3) is 12.2 Å². The minimum absolute atomic E-state index is 0.0577. The van der Waals surface area contributed by atoms with Crippen LogP contribution in [-0.4, -0.2) is 15.1 Å². The first-order chi connectivity index (χ1) is 10.1. The minimum atomic E-state index is -0.442. The van der Waals surface area contributed by atoms with Crippen molar-refractivity contribution in [3.63, 3.8) is 0 Å². The number of hydrogen-bond acceptors (Lipinski definition) is 6. The van der Waals surface area contributed by atoms with E-state index in [0.29, 0.717) is 11.7 Å². The molecule has 7 heteroatoms. The quantitative estimate of drug-likeness (QED) is 0.683. The molecule has 1 aromatic carbocycles. The number of nitrogens with two attached hydrogens (primary N) is 1. The molecule has 0 atom stereocenters. The van der Waals surface area contributed by atoms with E-state index in [-0.39, 0.29) is 5.69 Å². The molecular weight excluding hydrogens is 272 g/mol. The summed E-state index contributed by atoms with van der Waals surface area (Å²) in [7, 11) is 0. The first-order valence-electron chi connectivity index (χ1n) is 6.62. The van der Waals surface area contributed by atoms with Gasteiger partial charge in [-0.3, -0.25) is 10.1 Å². The molecule has 21 heavy (non-hydrogen) atoms. The number of aromatic nitrogens is 2. The van der Waals surface area contributed by atoms with Gasteiger partial charge in [0.15, 0.2) is 5.82 Å². The molecule has 108 valence electrons. The zero-order chi connectivity index (χ0) is 14.9. The Kier molecular flexibility index (Phi) is 3.26. The van der Waals surface area contributed by atoms with Crippen molar-refractivity contribution in [2.45, 2.75) is 24.8 Å². The van der Waals surface area contributed by atoms with Crippen LogP contribution in [-0.2, 0) is 5.54 Å². The Morgan fingerprint density at radius 2 is 2.00 bits per heavy atom. The molecule has 2 aromatic rings. The summed E-state index contributed by atoms with van der Waals surface area (Å²) in [6.07, 6.45) is 6.25. The van der Waals surface area contributed by atoms with Crippen molar-refractivity contribution in [3.8, 4) is 0 Å². The van der Waals surface area contributed by atoms with Crippen LogP contribution < -0.4 is 5.73 Å². The Morgan fingerprint density at radius 1 is 1.29 bits per heavy atom. The van der Waals surface area contributed by atoms with Crippen LogP contribution in [0.4, 0.5) is 5.69 Å². The second-order valence-corrected chi connectivity index (χ2v) is 5.15. The monoisotopic (exact) mass is 286 g/mol. The van der Waals surface area contributed by atoms with Gasteiger partial charge < -0.3 is 10.3 Å². The maximum atomic E-state index is 10.6. The first-order valence-corrected chi connectivity index (χ1v) is 6.62. The van der Waals surface area contributed by atoms with Crippen molar-refractivity contribution in [1.82, 2.24) is 10.1 Å². The van der Waals surface area contributed by atoms with Crippen molar-refractivity contribution in [2.75, 3.05) is 0 Å². The Morgan fingerprint density at radius 3 is 2.57 bits per heavy atom. The number of hydrogen-bond donors (Lipinski definition) is 1. The van der Waals surface area contributed by atoms with Gasteiger partial charge in [0.1, 0.15) is 0 Å². The fourth-order valence-electron chi connectivity index (χ4n) is 2.16. The van der Waals surface area contributed by atoms with Gasteiger partial charge in [-0.25, -0.2) is 0 Å². The summed E-state index contributed by atoms with van der Waals surface area (Å²) in [5, 5.41) is 14.5. The molecule has 7 nitrogen and oxygen atoms in total. The molecule has 1 saturated carbocycles. The summed E-state index contributed by atoms with van der Waals surface area (Å²) >= 11 is 0. The molecule has 1 aliphatic carbocycles. The molecular formula is C14H14N4O3. The molecule has 0 spiro atoms. The topological polar surface area (TPSA) is 108 Å². The zero-order valence-electron chi connectivity index (χ0n) is 11.2. The maximum Gasteiger partial charge on any atom is 0.269 e. The van der Waals surface area contributed by atoms with Gasteiger partial charge in [-0.2, -0.15) is 4.98 Å². The molecule has 1 aliphatic rings. The van der Waals surface area contributed by atoms with E-state index in [4.69, 9.17) is 10.3 Å². The molecule has 0 aliphatic heterocycles. The SMILES string of the molecule is NC1(c2noc(/C=C/c3ccc([N+](=O)[O-])cc3)n2)CCC1. The van der Waals surface area contributed by atoms with Crippen molar-refractivity contribution in [2.24, 2.45) is 5.73 Å². The molecule has 3 rings (SSSR count). The van der Waals surface area contributed by atoms with Crippen LogP contribution in [0.1, 0.15) is 36.5 Å². The lowest BCUT2D eigenvalue weighted by Crippen LogP contribution is -2.44. The van der Waals surface area contributed by atoms with Crippen LogP contribution in [0.3, 0.4) is 0 Å². The minimum Gasteiger partial charge on any atom is -0.335 e. The van der Waals surface area contributed by atoms with Gasteiger partial charge in [-0.1, -0.05) is 5.16 Å². The standard InChI is InChI=1S/C14H14N4O3/c15-14(8-1-9-14)13-16-12(21-17-13)7-4-10-2-5-11(6-3-10)18(19)20/h2-7H,1,8-9,15H2/b7-4+. The number of nitro groups is 1. The van der Waals surface area contributed by atoms with Gasteiger partial charge in [-0.05, 0) is 43.0 Å². The van der Waals surface area contributed by atoms with E-state index in [2.05, 4.69) is 10.1 Å². The normalized spacial score (nSPS) is 16.8. The Balaban J connectivity index is 1.72. The highest BCUT2D eigenvalue weighted by Crippen LogP contribution is 2.36. The number of nitro benzene ring substituents is 1.